The number of alkyl halides is 9. The summed E-state index contributed by atoms with van der Waals surface area (Å²) >= 11 is 1.08. The minimum atomic E-state index is -5.98. The van der Waals surface area contributed by atoms with Crippen LogP contribution in [0.3, 0.4) is 0 Å². The van der Waals surface area contributed by atoms with E-state index < -0.39 is 32.9 Å². The number of rotatable bonds is 4. The highest BCUT2D eigenvalue weighted by Gasteiger charge is 2.71. The Kier molecular flexibility index (Phi) is 5.09. The third kappa shape index (κ3) is 3.55. The van der Waals surface area contributed by atoms with Crippen molar-refractivity contribution in [1.29, 1.82) is 0 Å². The molecule has 0 fully saturated rings. The predicted molar refractivity (Wildman–Crippen MR) is 65.4 cm³/mol. The largest absolute Gasteiger partial charge is 0.433 e. The third-order valence-corrected chi connectivity index (χ3v) is 3.74. The van der Waals surface area contributed by atoms with Gasteiger partial charge in [-0.25, -0.2) is 4.39 Å². The SMILES string of the molecule is Nc1ccc(C(F)(C(F)(F)F)C(F)(F)Br)cc1SC(F)F. The lowest BCUT2D eigenvalue weighted by atomic mass is 9.95. The average Bonchev–Trinajstić information content (AvgIpc) is 2.27. The summed E-state index contributed by atoms with van der Waals surface area (Å²) in [5.41, 5.74) is -1.77. The van der Waals surface area contributed by atoms with Crippen LogP contribution in [-0.4, -0.2) is 16.8 Å². The molecule has 1 atom stereocenters. The predicted octanol–water partition coefficient (Wildman–Crippen LogP) is 5.30. The molecule has 0 aliphatic rings. The quantitative estimate of drug-likeness (QED) is 0.319. The standard InChI is InChI=1S/C10H6BrF8NS/c11-9(15,16)8(14,10(17,18)19)4-1-2-5(20)6(3-4)21-7(12)13/h1-3,7H,20H2. The van der Waals surface area contributed by atoms with E-state index in [1.807, 2.05) is 0 Å². The van der Waals surface area contributed by atoms with Gasteiger partial charge >= 0.3 is 16.7 Å². The molecule has 0 radical (unpaired) electrons. The van der Waals surface area contributed by atoms with Crippen LogP contribution in [0.15, 0.2) is 23.1 Å². The number of hydrogen-bond donors (Lipinski definition) is 1. The van der Waals surface area contributed by atoms with Crippen molar-refractivity contribution in [2.75, 3.05) is 5.73 Å². The molecule has 21 heavy (non-hydrogen) atoms. The van der Waals surface area contributed by atoms with Crippen LogP contribution in [0.4, 0.5) is 40.8 Å². The number of thioether (sulfide) groups is 1. The van der Waals surface area contributed by atoms with Gasteiger partial charge in [-0.2, -0.15) is 30.7 Å². The van der Waals surface area contributed by atoms with Crippen molar-refractivity contribution in [2.24, 2.45) is 0 Å². The molecule has 0 saturated carbocycles. The summed E-state index contributed by atoms with van der Waals surface area (Å²) < 4.78 is 103. The highest BCUT2D eigenvalue weighted by molar-refractivity contribution is 9.10. The fraction of sp³-hybridized carbons (Fsp3) is 0.400. The van der Waals surface area contributed by atoms with Crippen molar-refractivity contribution in [3.8, 4) is 0 Å². The zero-order chi connectivity index (χ0) is 16.6. The Balaban J connectivity index is 3.48. The van der Waals surface area contributed by atoms with Gasteiger partial charge in [0.25, 0.3) is 5.76 Å². The second-order valence-corrected chi connectivity index (χ2v) is 5.81. The maximum absolute atomic E-state index is 14.0. The number of nitrogen functional groups attached to an aromatic ring is 1. The molecule has 1 rings (SSSR count). The summed E-state index contributed by atoms with van der Waals surface area (Å²) in [7, 11) is 0. The van der Waals surface area contributed by atoms with Crippen molar-refractivity contribution in [3.05, 3.63) is 23.8 Å². The maximum Gasteiger partial charge on any atom is 0.433 e. The van der Waals surface area contributed by atoms with Crippen LogP contribution in [0.1, 0.15) is 5.56 Å². The number of anilines is 1. The van der Waals surface area contributed by atoms with Crippen molar-refractivity contribution in [1.82, 2.24) is 0 Å². The Morgan fingerprint density at radius 1 is 1.05 bits per heavy atom. The molecule has 0 spiro atoms. The molecular weight excluding hydrogens is 398 g/mol. The third-order valence-electron chi connectivity index (χ3n) is 2.41. The summed E-state index contributed by atoms with van der Waals surface area (Å²) in [5.74, 6) is -3.06. The lowest BCUT2D eigenvalue weighted by molar-refractivity contribution is -0.282. The van der Waals surface area contributed by atoms with Gasteiger partial charge in [-0.15, -0.1) is 0 Å². The zero-order valence-corrected chi connectivity index (χ0v) is 12.1. The Hall–Kier alpha value is -0.710. The van der Waals surface area contributed by atoms with Crippen molar-refractivity contribution < 1.29 is 35.1 Å². The van der Waals surface area contributed by atoms with E-state index in [9.17, 15) is 35.1 Å². The van der Waals surface area contributed by atoms with Gasteiger partial charge in [0.2, 0.25) is 0 Å². The Morgan fingerprint density at radius 3 is 1.95 bits per heavy atom. The summed E-state index contributed by atoms with van der Waals surface area (Å²) in [6.07, 6.45) is -5.98. The molecule has 0 aliphatic carbocycles. The summed E-state index contributed by atoms with van der Waals surface area (Å²) in [6.45, 7) is 0. The Morgan fingerprint density at radius 2 is 1.57 bits per heavy atom. The van der Waals surface area contributed by atoms with Gasteiger partial charge in [0, 0.05) is 16.1 Å². The first-order valence-electron chi connectivity index (χ1n) is 4.98. The highest BCUT2D eigenvalue weighted by atomic mass is 79.9. The Labute approximate surface area is 126 Å². The molecule has 0 bridgehead atoms. The van der Waals surface area contributed by atoms with E-state index in [2.05, 4.69) is 0 Å². The molecule has 1 unspecified atom stereocenters. The van der Waals surface area contributed by atoms with Gasteiger partial charge < -0.3 is 5.73 Å². The molecule has 120 valence electrons. The van der Waals surface area contributed by atoms with Crippen molar-refractivity contribution >= 4 is 33.4 Å². The normalized spacial score (nSPS) is 16.1. The molecule has 11 heteroatoms. The van der Waals surface area contributed by atoms with Crippen LogP contribution in [0.2, 0.25) is 0 Å². The van der Waals surface area contributed by atoms with Gasteiger partial charge in [-0.3, -0.25) is 0 Å². The summed E-state index contributed by atoms with van der Waals surface area (Å²) in [4.78, 5) is -5.63. The first-order valence-corrected chi connectivity index (χ1v) is 6.65. The highest BCUT2D eigenvalue weighted by Crippen LogP contribution is 2.55. The summed E-state index contributed by atoms with van der Waals surface area (Å²) in [6, 6.07) is 1.25. The molecule has 1 aromatic carbocycles. The number of halogens is 9. The van der Waals surface area contributed by atoms with Crippen LogP contribution in [0.25, 0.3) is 0 Å². The minimum Gasteiger partial charge on any atom is -0.398 e. The van der Waals surface area contributed by atoms with Gasteiger partial charge in [0.05, 0.1) is 0 Å². The molecule has 0 aromatic heterocycles. The van der Waals surface area contributed by atoms with E-state index in [1.54, 1.807) is 0 Å². The van der Waals surface area contributed by atoms with Gasteiger partial charge in [-0.1, -0.05) is 17.8 Å². The first-order chi connectivity index (χ1) is 9.30. The number of benzene rings is 1. The van der Waals surface area contributed by atoms with Gasteiger partial charge in [-0.05, 0) is 28.1 Å². The smallest absolute Gasteiger partial charge is 0.398 e. The number of nitrogens with two attached hydrogens (primary N) is 1. The number of hydrogen-bond acceptors (Lipinski definition) is 2. The fourth-order valence-corrected chi connectivity index (χ4v) is 2.48. The van der Waals surface area contributed by atoms with E-state index >= 15 is 0 Å². The van der Waals surface area contributed by atoms with Crippen LogP contribution >= 0.6 is 27.7 Å². The van der Waals surface area contributed by atoms with E-state index in [1.165, 1.54) is 15.9 Å². The lowest BCUT2D eigenvalue weighted by Crippen LogP contribution is -2.49. The maximum atomic E-state index is 14.0. The van der Waals surface area contributed by atoms with E-state index in [-0.39, 0.29) is 23.5 Å². The van der Waals surface area contributed by atoms with Crippen molar-refractivity contribution in [2.45, 2.75) is 27.3 Å². The molecule has 1 nitrogen and oxygen atoms in total. The molecule has 0 amide bonds. The molecule has 0 aliphatic heterocycles. The van der Waals surface area contributed by atoms with Crippen LogP contribution in [0, 0.1) is 0 Å². The van der Waals surface area contributed by atoms with E-state index in [0.29, 0.717) is 12.1 Å². The van der Waals surface area contributed by atoms with Gasteiger partial charge in [0.1, 0.15) is 0 Å². The molecule has 1 aromatic rings. The molecule has 2 N–H and O–H groups in total. The molecule has 0 heterocycles. The van der Waals surface area contributed by atoms with Crippen LogP contribution in [-0.2, 0) is 5.67 Å². The van der Waals surface area contributed by atoms with Crippen LogP contribution in [0.5, 0.6) is 0 Å². The molecule has 0 saturated heterocycles. The minimum absolute atomic E-state index is 0.231. The van der Waals surface area contributed by atoms with E-state index in [4.69, 9.17) is 5.73 Å². The topological polar surface area (TPSA) is 26.0 Å². The monoisotopic (exact) mass is 403 g/mol. The zero-order valence-electron chi connectivity index (χ0n) is 9.70. The summed E-state index contributed by atoms with van der Waals surface area (Å²) in [5, 5.41) is 0. The molecular formula is C10H6BrF8NS. The van der Waals surface area contributed by atoms with Gasteiger partial charge in [0.15, 0.2) is 0 Å². The van der Waals surface area contributed by atoms with E-state index in [0.717, 1.165) is 0 Å². The van der Waals surface area contributed by atoms with Crippen LogP contribution < -0.4 is 5.73 Å². The second kappa shape index (κ2) is 5.82. The second-order valence-electron chi connectivity index (χ2n) is 3.79. The Bertz CT molecular complexity index is 499. The fourth-order valence-electron chi connectivity index (χ4n) is 1.43. The average molecular weight is 404 g/mol. The first kappa shape index (κ1) is 18.3. The lowest BCUT2D eigenvalue weighted by Gasteiger charge is -2.32. The van der Waals surface area contributed by atoms with Crippen molar-refractivity contribution in [3.63, 3.8) is 0 Å².